The predicted octanol–water partition coefficient (Wildman–Crippen LogP) is 0.198. The monoisotopic (exact) mass is 258 g/mol. The van der Waals surface area contributed by atoms with Crippen molar-refractivity contribution in [2.45, 2.75) is 32.2 Å². The van der Waals surface area contributed by atoms with Gasteiger partial charge >= 0.3 is 12.0 Å². The van der Waals surface area contributed by atoms with Gasteiger partial charge in [0.05, 0.1) is 19.3 Å². The molecule has 0 radical (unpaired) electrons. The number of nitrogens with zero attached hydrogens (tertiary/aromatic N) is 1. The first-order valence-corrected chi connectivity index (χ1v) is 5.90. The summed E-state index contributed by atoms with van der Waals surface area (Å²) < 4.78 is 5.19. The molecule has 0 aromatic carbocycles. The number of aliphatic carboxylic acids is 1. The molecule has 7 heteroatoms. The fourth-order valence-corrected chi connectivity index (χ4v) is 1.68. The van der Waals surface area contributed by atoms with Crippen LogP contribution >= 0.6 is 0 Å². The first kappa shape index (κ1) is 14.4. The standard InChI is InChI=1S/C11H18N2O5/c1-8-7-18-6-5-13(8)11(17)12-9(14)3-2-4-10(15)16/h8H,2-7H2,1H3,(H,15,16)(H,12,14,17). The summed E-state index contributed by atoms with van der Waals surface area (Å²) in [6.45, 7) is 3.22. The normalized spacial score (nSPS) is 19.4. The molecule has 0 aliphatic carbocycles. The Labute approximate surface area is 105 Å². The molecule has 1 aliphatic heterocycles. The molecular formula is C11H18N2O5. The third-order valence-electron chi connectivity index (χ3n) is 2.67. The third kappa shape index (κ3) is 4.70. The van der Waals surface area contributed by atoms with E-state index in [0.29, 0.717) is 19.8 Å². The summed E-state index contributed by atoms with van der Waals surface area (Å²) >= 11 is 0. The third-order valence-corrected chi connectivity index (χ3v) is 2.67. The largest absolute Gasteiger partial charge is 0.481 e. The van der Waals surface area contributed by atoms with Crippen LogP contribution in [0.25, 0.3) is 0 Å². The van der Waals surface area contributed by atoms with Gasteiger partial charge in [0, 0.05) is 19.4 Å². The van der Waals surface area contributed by atoms with E-state index in [0.717, 1.165) is 0 Å². The molecule has 0 aromatic rings. The van der Waals surface area contributed by atoms with Crippen molar-refractivity contribution in [1.82, 2.24) is 10.2 Å². The van der Waals surface area contributed by atoms with Gasteiger partial charge in [0.1, 0.15) is 0 Å². The molecule has 0 spiro atoms. The molecular weight excluding hydrogens is 240 g/mol. The lowest BCUT2D eigenvalue weighted by molar-refractivity contribution is -0.137. The summed E-state index contributed by atoms with van der Waals surface area (Å²) in [5, 5.41) is 10.7. The molecule has 1 atom stereocenters. The number of carbonyl (C=O) groups excluding carboxylic acids is 2. The van der Waals surface area contributed by atoms with Gasteiger partial charge in [-0.2, -0.15) is 0 Å². The van der Waals surface area contributed by atoms with Gasteiger partial charge in [-0.25, -0.2) is 4.79 Å². The lowest BCUT2D eigenvalue weighted by Gasteiger charge is -2.32. The SMILES string of the molecule is CC1COCCN1C(=O)NC(=O)CCCC(=O)O. The van der Waals surface area contributed by atoms with E-state index in [-0.39, 0.29) is 25.3 Å². The second kappa shape index (κ2) is 6.95. The van der Waals surface area contributed by atoms with Crippen molar-refractivity contribution in [2.24, 2.45) is 0 Å². The van der Waals surface area contributed by atoms with Crippen molar-refractivity contribution in [3.63, 3.8) is 0 Å². The van der Waals surface area contributed by atoms with E-state index in [1.54, 1.807) is 4.90 Å². The zero-order valence-electron chi connectivity index (χ0n) is 10.3. The zero-order chi connectivity index (χ0) is 13.5. The molecule has 1 fully saturated rings. The van der Waals surface area contributed by atoms with E-state index >= 15 is 0 Å². The Kier molecular flexibility index (Phi) is 5.57. The Bertz CT molecular complexity index is 331. The Morgan fingerprint density at radius 3 is 2.72 bits per heavy atom. The lowest BCUT2D eigenvalue weighted by atomic mass is 10.2. The molecule has 1 unspecified atom stereocenters. The highest BCUT2D eigenvalue weighted by Gasteiger charge is 2.24. The first-order chi connectivity index (χ1) is 8.50. The van der Waals surface area contributed by atoms with E-state index < -0.39 is 17.9 Å². The molecule has 18 heavy (non-hydrogen) atoms. The quantitative estimate of drug-likeness (QED) is 0.750. The molecule has 0 saturated carbocycles. The van der Waals surface area contributed by atoms with Crippen LogP contribution in [0.3, 0.4) is 0 Å². The molecule has 1 aliphatic rings. The van der Waals surface area contributed by atoms with E-state index in [1.807, 2.05) is 6.92 Å². The molecule has 7 nitrogen and oxygen atoms in total. The zero-order valence-corrected chi connectivity index (χ0v) is 10.3. The van der Waals surface area contributed by atoms with Gasteiger partial charge in [-0.1, -0.05) is 0 Å². The van der Waals surface area contributed by atoms with Crippen molar-refractivity contribution in [3.8, 4) is 0 Å². The molecule has 1 rings (SSSR count). The van der Waals surface area contributed by atoms with Crippen molar-refractivity contribution in [2.75, 3.05) is 19.8 Å². The summed E-state index contributed by atoms with van der Waals surface area (Å²) in [5.74, 6) is -1.39. The van der Waals surface area contributed by atoms with Crippen LogP contribution in [0.15, 0.2) is 0 Å². The van der Waals surface area contributed by atoms with Crippen molar-refractivity contribution in [3.05, 3.63) is 0 Å². The number of nitrogens with one attached hydrogen (secondary N) is 1. The number of morpholine rings is 1. The number of ether oxygens (including phenoxy) is 1. The molecule has 1 saturated heterocycles. The van der Waals surface area contributed by atoms with Gasteiger partial charge < -0.3 is 14.7 Å². The molecule has 102 valence electrons. The van der Waals surface area contributed by atoms with Gasteiger partial charge in [-0.05, 0) is 13.3 Å². The van der Waals surface area contributed by atoms with E-state index in [4.69, 9.17) is 9.84 Å². The number of imide groups is 1. The van der Waals surface area contributed by atoms with Crippen LogP contribution in [0.4, 0.5) is 4.79 Å². The number of hydrogen-bond acceptors (Lipinski definition) is 4. The minimum absolute atomic E-state index is 0.0385. The maximum absolute atomic E-state index is 11.7. The number of amides is 3. The highest BCUT2D eigenvalue weighted by molar-refractivity contribution is 5.94. The highest BCUT2D eigenvalue weighted by Crippen LogP contribution is 2.06. The second-order valence-corrected chi connectivity index (χ2v) is 4.22. The van der Waals surface area contributed by atoms with Crippen LogP contribution in [0.1, 0.15) is 26.2 Å². The topological polar surface area (TPSA) is 95.9 Å². The average molecular weight is 258 g/mol. The molecule has 0 bridgehead atoms. The fraction of sp³-hybridized carbons (Fsp3) is 0.727. The Hall–Kier alpha value is -1.63. The van der Waals surface area contributed by atoms with Gasteiger partial charge in [-0.15, -0.1) is 0 Å². The lowest BCUT2D eigenvalue weighted by Crippen LogP contribution is -2.52. The van der Waals surface area contributed by atoms with Crippen LogP contribution in [0.5, 0.6) is 0 Å². The number of carboxylic acids is 1. The van der Waals surface area contributed by atoms with Crippen molar-refractivity contribution >= 4 is 17.9 Å². The van der Waals surface area contributed by atoms with Crippen LogP contribution in [-0.4, -0.2) is 53.7 Å². The van der Waals surface area contributed by atoms with Crippen LogP contribution in [0, 0.1) is 0 Å². The van der Waals surface area contributed by atoms with Crippen LogP contribution in [-0.2, 0) is 14.3 Å². The number of carbonyl (C=O) groups is 3. The van der Waals surface area contributed by atoms with Gasteiger partial charge in [0.25, 0.3) is 0 Å². The van der Waals surface area contributed by atoms with E-state index in [9.17, 15) is 14.4 Å². The summed E-state index contributed by atoms with van der Waals surface area (Å²) in [4.78, 5) is 35.0. The molecule has 0 aromatic heterocycles. The summed E-state index contributed by atoms with van der Waals surface area (Å²) in [5.41, 5.74) is 0. The minimum atomic E-state index is -0.948. The summed E-state index contributed by atoms with van der Waals surface area (Å²) in [6, 6.07) is -0.503. The predicted molar refractivity (Wildman–Crippen MR) is 62.0 cm³/mol. The second-order valence-electron chi connectivity index (χ2n) is 4.22. The summed E-state index contributed by atoms with van der Waals surface area (Å²) in [6.07, 6.45) is 0.194. The van der Waals surface area contributed by atoms with Crippen LogP contribution in [0.2, 0.25) is 0 Å². The van der Waals surface area contributed by atoms with Crippen molar-refractivity contribution in [1.29, 1.82) is 0 Å². The van der Waals surface area contributed by atoms with E-state index in [2.05, 4.69) is 5.32 Å². The fourth-order valence-electron chi connectivity index (χ4n) is 1.68. The maximum atomic E-state index is 11.7. The summed E-state index contributed by atoms with van der Waals surface area (Å²) in [7, 11) is 0. The molecule has 1 heterocycles. The molecule has 3 amide bonds. The average Bonchev–Trinajstić information content (AvgIpc) is 2.28. The first-order valence-electron chi connectivity index (χ1n) is 5.90. The maximum Gasteiger partial charge on any atom is 0.324 e. The molecule has 2 N–H and O–H groups in total. The van der Waals surface area contributed by atoms with Crippen LogP contribution < -0.4 is 5.32 Å². The highest BCUT2D eigenvalue weighted by atomic mass is 16.5. The van der Waals surface area contributed by atoms with Crippen molar-refractivity contribution < 1.29 is 24.2 Å². The Morgan fingerprint density at radius 1 is 1.39 bits per heavy atom. The number of urea groups is 1. The number of hydrogen-bond donors (Lipinski definition) is 2. The Morgan fingerprint density at radius 2 is 2.11 bits per heavy atom. The Balaban J connectivity index is 2.30. The van der Waals surface area contributed by atoms with Gasteiger partial charge in [0.2, 0.25) is 5.91 Å². The van der Waals surface area contributed by atoms with E-state index in [1.165, 1.54) is 0 Å². The van der Waals surface area contributed by atoms with Gasteiger partial charge in [0.15, 0.2) is 0 Å². The smallest absolute Gasteiger partial charge is 0.324 e. The minimum Gasteiger partial charge on any atom is -0.481 e. The number of rotatable bonds is 4. The van der Waals surface area contributed by atoms with Gasteiger partial charge in [-0.3, -0.25) is 14.9 Å². The number of carboxylic acid groups (broad SMARTS) is 1.